The minimum atomic E-state index is -0.644. The van der Waals surface area contributed by atoms with Gasteiger partial charge in [-0.15, -0.1) is 0 Å². The molecule has 0 saturated carbocycles. The minimum absolute atomic E-state index is 0.105. The molecule has 1 aromatic heterocycles. The van der Waals surface area contributed by atoms with E-state index in [1.54, 1.807) is 30.3 Å². The minimum Gasteiger partial charge on any atom is -0.489 e. The first kappa shape index (κ1) is 29.0. The van der Waals surface area contributed by atoms with Crippen LogP contribution in [0.5, 0.6) is 5.75 Å². The van der Waals surface area contributed by atoms with E-state index in [2.05, 4.69) is 10.6 Å². The van der Waals surface area contributed by atoms with E-state index in [-0.39, 0.29) is 5.70 Å². The lowest BCUT2D eigenvalue weighted by atomic mass is 10.2. The predicted octanol–water partition coefficient (Wildman–Crippen LogP) is 6.82. The maximum absolute atomic E-state index is 13.0. The molecule has 2 N–H and O–H groups in total. The van der Waals surface area contributed by atoms with Crippen LogP contribution in [-0.2, 0) is 16.2 Å². The average molecular weight is 604 g/mol. The molecule has 0 unspecified atom stereocenters. The fraction of sp³-hybridized carbons (Fsp3) is 0.156. The molecule has 0 bridgehead atoms. The Morgan fingerprint density at radius 3 is 2.36 bits per heavy atom. The molecule has 0 atom stereocenters. The monoisotopic (exact) mass is 602 g/mol. The Morgan fingerprint density at radius 2 is 1.67 bits per heavy atom. The summed E-state index contributed by atoms with van der Waals surface area (Å²) < 4.78 is 7.94. The Hall–Kier alpha value is -4.53. The molecule has 214 valence electrons. The lowest BCUT2D eigenvalue weighted by Gasteiger charge is -2.12. The van der Waals surface area contributed by atoms with Crippen LogP contribution >= 0.6 is 23.2 Å². The van der Waals surface area contributed by atoms with Gasteiger partial charge in [-0.3, -0.25) is 9.59 Å². The number of aromatic nitrogens is 1. The molecule has 42 heavy (non-hydrogen) atoms. The zero-order valence-electron chi connectivity index (χ0n) is 23.2. The highest BCUT2D eigenvalue weighted by atomic mass is 35.5. The molecule has 3 aromatic carbocycles. The molecular weight excluding hydrogens is 575 g/mol. The number of hydrogen-bond acceptors (Lipinski definition) is 4. The Kier molecular flexibility index (Phi) is 8.38. The van der Waals surface area contributed by atoms with Crippen molar-refractivity contribution >= 4 is 52.8 Å². The number of benzene rings is 3. The summed E-state index contributed by atoms with van der Waals surface area (Å²) in [7, 11) is 0. The fourth-order valence-electron chi connectivity index (χ4n) is 4.67. The van der Waals surface area contributed by atoms with Gasteiger partial charge in [-0.1, -0.05) is 47.0 Å². The van der Waals surface area contributed by atoms with Crippen molar-refractivity contribution in [1.29, 1.82) is 0 Å². The van der Waals surface area contributed by atoms with Crippen LogP contribution in [0.25, 0.3) is 11.8 Å². The van der Waals surface area contributed by atoms with Crippen LogP contribution in [0.4, 0.5) is 10.5 Å². The van der Waals surface area contributed by atoms with Crippen LogP contribution in [0, 0.1) is 20.8 Å². The highest BCUT2D eigenvalue weighted by Gasteiger charge is 2.35. The summed E-state index contributed by atoms with van der Waals surface area (Å²) in [6.45, 7) is 5.74. The van der Waals surface area contributed by atoms with E-state index < -0.39 is 24.4 Å². The number of halogens is 2. The number of carbonyl (C=O) groups excluding carboxylic acids is 3. The standard InChI is InChI=1S/C32H28Cl2N4O4/c1-19-4-8-25(9-5-19)35-30(39)17-37-31(40)29(36-32(37)41)15-23-14-20(2)38(21(23)3)26-10-12-27(13-11-26)42-18-22-6-7-24(33)16-28(22)34/h4-16H,17-18H2,1-3H3,(H,35,39)(H,36,41). The van der Waals surface area contributed by atoms with Crippen molar-refractivity contribution in [3.05, 3.63) is 117 Å². The van der Waals surface area contributed by atoms with Crippen molar-refractivity contribution in [2.24, 2.45) is 0 Å². The Morgan fingerprint density at radius 1 is 0.952 bits per heavy atom. The number of anilines is 1. The number of hydrogen-bond donors (Lipinski definition) is 2. The van der Waals surface area contributed by atoms with Crippen LogP contribution in [0.3, 0.4) is 0 Å². The number of imide groups is 1. The fourth-order valence-corrected chi connectivity index (χ4v) is 5.14. The SMILES string of the molecule is Cc1ccc(NC(=O)CN2C(=O)NC(=Cc3cc(C)n(-c4ccc(OCc5ccc(Cl)cc5Cl)cc4)c3C)C2=O)cc1. The zero-order valence-corrected chi connectivity index (χ0v) is 24.7. The van der Waals surface area contributed by atoms with Gasteiger partial charge in [0, 0.05) is 38.4 Å². The molecule has 2 heterocycles. The maximum Gasteiger partial charge on any atom is 0.329 e. The zero-order chi connectivity index (χ0) is 30.0. The van der Waals surface area contributed by atoms with Crippen molar-refractivity contribution in [2.75, 3.05) is 11.9 Å². The molecule has 4 aromatic rings. The number of carbonyl (C=O) groups is 3. The summed E-state index contributed by atoms with van der Waals surface area (Å²) in [4.78, 5) is 39.0. The van der Waals surface area contributed by atoms with Gasteiger partial charge < -0.3 is 19.9 Å². The molecule has 10 heteroatoms. The second-order valence-corrected chi connectivity index (χ2v) is 10.8. The van der Waals surface area contributed by atoms with Gasteiger partial charge in [0.15, 0.2) is 0 Å². The number of ether oxygens (including phenoxy) is 1. The van der Waals surface area contributed by atoms with Crippen molar-refractivity contribution in [3.8, 4) is 11.4 Å². The average Bonchev–Trinajstić information content (AvgIpc) is 3.38. The topological polar surface area (TPSA) is 92.7 Å². The molecule has 5 rings (SSSR count). The number of rotatable bonds is 8. The second kappa shape index (κ2) is 12.1. The Labute approximate surface area is 253 Å². The normalized spacial score (nSPS) is 13.9. The third kappa shape index (κ3) is 6.35. The van der Waals surface area contributed by atoms with E-state index in [0.717, 1.165) is 38.7 Å². The molecule has 0 spiro atoms. The highest BCUT2D eigenvalue weighted by molar-refractivity contribution is 6.35. The molecule has 8 nitrogen and oxygen atoms in total. The lowest BCUT2D eigenvalue weighted by molar-refractivity contribution is -0.127. The van der Waals surface area contributed by atoms with E-state index in [1.165, 1.54) is 0 Å². The lowest BCUT2D eigenvalue weighted by Crippen LogP contribution is -2.38. The summed E-state index contributed by atoms with van der Waals surface area (Å²) in [5, 5.41) is 6.42. The largest absolute Gasteiger partial charge is 0.489 e. The molecule has 0 radical (unpaired) electrons. The number of amides is 4. The second-order valence-electron chi connectivity index (χ2n) is 9.97. The summed E-state index contributed by atoms with van der Waals surface area (Å²) in [5.74, 6) is -0.350. The van der Waals surface area contributed by atoms with Gasteiger partial charge in [0.1, 0.15) is 24.6 Å². The summed E-state index contributed by atoms with van der Waals surface area (Å²) in [6, 6.07) is 21.4. The van der Waals surface area contributed by atoms with Gasteiger partial charge in [-0.05, 0) is 87.0 Å². The van der Waals surface area contributed by atoms with Gasteiger partial charge in [0.25, 0.3) is 5.91 Å². The molecule has 0 aliphatic carbocycles. The van der Waals surface area contributed by atoms with Crippen LogP contribution in [0.15, 0.2) is 78.5 Å². The van der Waals surface area contributed by atoms with E-state index in [0.29, 0.717) is 28.1 Å². The number of aryl methyl sites for hydroxylation is 2. The summed E-state index contributed by atoms with van der Waals surface area (Å²) in [6.07, 6.45) is 1.63. The van der Waals surface area contributed by atoms with Gasteiger partial charge in [-0.25, -0.2) is 9.69 Å². The number of nitrogens with one attached hydrogen (secondary N) is 2. The van der Waals surface area contributed by atoms with Crippen molar-refractivity contribution in [3.63, 3.8) is 0 Å². The highest BCUT2D eigenvalue weighted by Crippen LogP contribution is 2.27. The quantitative estimate of drug-likeness (QED) is 0.171. The smallest absolute Gasteiger partial charge is 0.329 e. The number of urea groups is 1. The first-order valence-corrected chi connectivity index (χ1v) is 13.9. The van der Waals surface area contributed by atoms with E-state index in [4.69, 9.17) is 27.9 Å². The van der Waals surface area contributed by atoms with E-state index in [1.807, 2.05) is 73.9 Å². The molecule has 1 aliphatic rings. The van der Waals surface area contributed by atoms with E-state index >= 15 is 0 Å². The van der Waals surface area contributed by atoms with Gasteiger partial charge in [0.05, 0.1) is 0 Å². The van der Waals surface area contributed by atoms with Gasteiger partial charge in [0.2, 0.25) is 5.91 Å². The van der Waals surface area contributed by atoms with Crippen molar-refractivity contribution in [2.45, 2.75) is 27.4 Å². The number of nitrogens with zero attached hydrogens (tertiary/aromatic N) is 2. The Bertz CT molecular complexity index is 1710. The van der Waals surface area contributed by atoms with Crippen LogP contribution in [0.2, 0.25) is 10.0 Å². The van der Waals surface area contributed by atoms with Crippen molar-refractivity contribution in [1.82, 2.24) is 14.8 Å². The predicted molar refractivity (Wildman–Crippen MR) is 164 cm³/mol. The first-order chi connectivity index (χ1) is 20.1. The molecule has 1 aliphatic heterocycles. The third-order valence-corrected chi connectivity index (χ3v) is 7.46. The summed E-state index contributed by atoms with van der Waals surface area (Å²) in [5.41, 5.74) is 6.06. The molecule has 1 saturated heterocycles. The summed E-state index contributed by atoms with van der Waals surface area (Å²) >= 11 is 12.2. The van der Waals surface area contributed by atoms with Gasteiger partial charge in [-0.2, -0.15) is 0 Å². The van der Waals surface area contributed by atoms with Gasteiger partial charge >= 0.3 is 6.03 Å². The molecular formula is C32H28Cl2N4O4. The first-order valence-electron chi connectivity index (χ1n) is 13.2. The van der Waals surface area contributed by atoms with Crippen LogP contribution in [-0.4, -0.2) is 33.9 Å². The maximum atomic E-state index is 13.0. The Balaban J connectivity index is 1.27. The van der Waals surface area contributed by atoms with Crippen LogP contribution < -0.4 is 15.4 Å². The molecule has 4 amide bonds. The van der Waals surface area contributed by atoms with Crippen molar-refractivity contribution < 1.29 is 19.1 Å². The third-order valence-electron chi connectivity index (χ3n) is 6.87. The van der Waals surface area contributed by atoms with E-state index in [9.17, 15) is 14.4 Å². The van der Waals surface area contributed by atoms with Crippen LogP contribution in [0.1, 0.15) is 28.1 Å². The molecule has 1 fully saturated rings.